The van der Waals surface area contributed by atoms with Crippen molar-refractivity contribution in [1.82, 2.24) is 10.2 Å². The van der Waals surface area contributed by atoms with E-state index in [9.17, 15) is 9.59 Å². The van der Waals surface area contributed by atoms with Crippen LogP contribution in [0.1, 0.15) is 12.5 Å². The molecular formula is C12H15ClN2O3. The van der Waals surface area contributed by atoms with Crippen LogP contribution in [0.15, 0.2) is 24.3 Å². The SMILES string of the molecule is CC(NC(=O)N(C)Cc1cccc(Cl)c1)C(=O)O. The number of nitrogens with one attached hydrogen (secondary N) is 1. The van der Waals surface area contributed by atoms with Crippen LogP contribution in [-0.2, 0) is 11.3 Å². The van der Waals surface area contributed by atoms with Crippen LogP contribution in [0, 0.1) is 0 Å². The van der Waals surface area contributed by atoms with Gasteiger partial charge in [0.2, 0.25) is 0 Å². The molecule has 1 rings (SSSR count). The minimum atomic E-state index is -1.07. The minimum absolute atomic E-state index is 0.360. The van der Waals surface area contributed by atoms with Crippen LogP contribution < -0.4 is 5.32 Å². The molecule has 2 N–H and O–H groups in total. The summed E-state index contributed by atoms with van der Waals surface area (Å²) < 4.78 is 0. The van der Waals surface area contributed by atoms with E-state index < -0.39 is 18.0 Å². The molecule has 0 saturated heterocycles. The number of nitrogens with zero attached hydrogens (tertiary/aromatic N) is 1. The van der Waals surface area contributed by atoms with Crippen LogP contribution in [0.2, 0.25) is 5.02 Å². The van der Waals surface area contributed by atoms with E-state index in [4.69, 9.17) is 16.7 Å². The lowest BCUT2D eigenvalue weighted by molar-refractivity contribution is -0.138. The number of carboxylic acid groups (broad SMARTS) is 1. The number of aliphatic carboxylic acids is 1. The molecule has 1 unspecified atom stereocenters. The van der Waals surface area contributed by atoms with E-state index in [2.05, 4.69) is 5.32 Å². The second-order valence-corrected chi connectivity index (χ2v) is 4.43. The number of rotatable bonds is 4. The molecule has 1 atom stereocenters. The van der Waals surface area contributed by atoms with Crippen molar-refractivity contribution in [3.05, 3.63) is 34.9 Å². The number of benzene rings is 1. The number of hydrogen-bond acceptors (Lipinski definition) is 2. The Labute approximate surface area is 110 Å². The van der Waals surface area contributed by atoms with Gasteiger partial charge in [0, 0.05) is 18.6 Å². The smallest absolute Gasteiger partial charge is 0.325 e. The number of hydrogen-bond donors (Lipinski definition) is 2. The monoisotopic (exact) mass is 270 g/mol. The summed E-state index contributed by atoms with van der Waals surface area (Å²) in [4.78, 5) is 23.7. The quantitative estimate of drug-likeness (QED) is 0.879. The minimum Gasteiger partial charge on any atom is -0.480 e. The van der Waals surface area contributed by atoms with Gasteiger partial charge in [0.25, 0.3) is 0 Å². The summed E-state index contributed by atoms with van der Waals surface area (Å²) in [6, 6.07) is 5.78. The average molecular weight is 271 g/mol. The van der Waals surface area contributed by atoms with Crippen molar-refractivity contribution < 1.29 is 14.7 Å². The Balaban J connectivity index is 2.57. The summed E-state index contributed by atoms with van der Waals surface area (Å²) in [6.45, 7) is 1.77. The third kappa shape index (κ3) is 4.25. The van der Waals surface area contributed by atoms with Gasteiger partial charge in [-0.3, -0.25) is 4.79 Å². The van der Waals surface area contributed by atoms with Crippen molar-refractivity contribution in [3.63, 3.8) is 0 Å². The van der Waals surface area contributed by atoms with Gasteiger partial charge in [-0.25, -0.2) is 4.79 Å². The van der Waals surface area contributed by atoms with Gasteiger partial charge in [-0.2, -0.15) is 0 Å². The van der Waals surface area contributed by atoms with Gasteiger partial charge in [-0.1, -0.05) is 23.7 Å². The summed E-state index contributed by atoms with van der Waals surface area (Å²) in [7, 11) is 1.59. The molecule has 0 aliphatic carbocycles. The maximum absolute atomic E-state index is 11.7. The summed E-state index contributed by atoms with van der Waals surface area (Å²) >= 11 is 5.84. The number of amides is 2. The molecule has 0 aromatic heterocycles. The molecule has 0 fully saturated rings. The predicted molar refractivity (Wildman–Crippen MR) is 68.5 cm³/mol. The largest absolute Gasteiger partial charge is 0.480 e. The van der Waals surface area contributed by atoms with E-state index in [-0.39, 0.29) is 0 Å². The Hall–Kier alpha value is -1.75. The van der Waals surface area contributed by atoms with Crippen molar-refractivity contribution in [1.29, 1.82) is 0 Å². The Morgan fingerprint density at radius 3 is 2.72 bits per heavy atom. The third-order valence-corrected chi connectivity index (χ3v) is 2.60. The van der Waals surface area contributed by atoms with Crippen molar-refractivity contribution in [3.8, 4) is 0 Å². The predicted octanol–water partition coefficient (Wildman–Crippen LogP) is 1.95. The lowest BCUT2D eigenvalue weighted by Gasteiger charge is -2.19. The molecule has 0 heterocycles. The van der Waals surface area contributed by atoms with Gasteiger partial charge in [-0.05, 0) is 24.6 Å². The maximum Gasteiger partial charge on any atom is 0.325 e. The Kier molecular flexibility index (Phi) is 4.97. The van der Waals surface area contributed by atoms with Crippen LogP contribution >= 0.6 is 11.6 Å². The van der Waals surface area contributed by atoms with Gasteiger partial charge < -0.3 is 15.3 Å². The fraction of sp³-hybridized carbons (Fsp3) is 0.333. The van der Waals surface area contributed by atoms with E-state index in [1.165, 1.54) is 11.8 Å². The number of halogens is 1. The fourth-order valence-corrected chi connectivity index (χ4v) is 1.55. The van der Waals surface area contributed by atoms with Crippen molar-refractivity contribution >= 4 is 23.6 Å². The number of carboxylic acids is 1. The molecule has 2 amide bonds. The van der Waals surface area contributed by atoms with Gasteiger partial charge >= 0.3 is 12.0 Å². The molecule has 98 valence electrons. The number of carbonyl (C=O) groups is 2. The lowest BCUT2D eigenvalue weighted by atomic mass is 10.2. The average Bonchev–Trinajstić information content (AvgIpc) is 2.28. The molecule has 0 bridgehead atoms. The van der Waals surface area contributed by atoms with Gasteiger partial charge in [0.15, 0.2) is 0 Å². The van der Waals surface area contributed by atoms with Crippen molar-refractivity contribution in [2.45, 2.75) is 19.5 Å². The number of urea groups is 1. The third-order valence-electron chi connectivity index (χ3n) is 2.37. The van der Waals surface area contributed by atoms with Gasteiger partial charge in [-0.15, -0.1) is 0 Å². The zero-order valence-electron chi connectivity index (χ0n) is 10.2. The highest BCUT2D eigenvalue weighted by Gasteiger charge is 2.16. The highest BCUT2D eigenvalue weighted by molar-refractivity contribution is 6.30. The lowest BCUT2D eigenvalue weighted by Crippen LogP contribution is -2.44. The van der Waals surface area contributed by atoms with E-state index in [1.54, 1.807) is 25.2 Å². The summed E-state index contributed by atoms with van der Waals surface area (Å²) in [5.74, 6) is -1.07. The Morgan fingerprint density at radius 1 is 1.50 bits per heavy atom. The first-order valence-corrected chi connectivity index (χ1v) is 5.77. The molecule has 0 aliphatic rings. The fourth-order valence-electron chi connectivity index (χ4n) is 1.34. The summed E-state index contributed by atoms with van der Waals surface area (Å²) in [5, 5.41) is 11.7. The standard InChI is InChI=1S/C12H15ClN2O3/c1-8(11(16)17)14-12(18)15(2)7-9-4-3-5-10(13)6-9/h3-6,8H,7H2,1-2H3,(H,14,18)(H,16,17). The Bertz CT molecular complexity index is 451. The van der Waals surface area contributed by atoms with E-state index >= 15 is 0 Å². The maximum atomic E-state index is 11.7. The molecule has 0 saturated carbocycles. The molecule has 0 radical (unpaired) electrons. The molecule has 5 nitrogen and oxygen atoms in total. The summed E-state index contributed by atoms with van der Waals surface area (Å²) in [6.07, 6.45) is 0. The second-order valence-electron chi connectivity index (χ2n) is 4.00. The molecule has 18 heavy (non-hydrogen) atoms. The van der Waals surface area contributed by atoms with E-state index in [1.807, 2.05) is 6.07 Å². The van der Waals surface area contributed by atoms with Gasteiger partial charge in [0.05, 0.1) is 0 Å². The molecule has 0 spiro atoms. The van der Waals surface area contributed by atoms with Gasteiger partial charge in [0.1, 0.15) is 6.04 Å². The molecular weight excluding hydrogens is 256 g/mol. The first-order valence-electron chi connectivity index (χ1n) is 5.39. The second kappa shape index (κ2) is 6.26. The Morgan fingerprint density at radius 2 is 2.17 bits per heavy atom. The zero-order valence-corrected chi connectivity index (χ0v) is 10.9. The van der Waals surface area contributed by atoms with Crippen LogP contribution in [0.5, 0.6) is 0 Å². The van der Waals surface area contributed by atoms with Crippen LogP contribution in [0.3, 0.4) is 0 Å². The molecule has 6 heteroatoms. The van der Waals surface area contributed by atoms with Crippen LogP contribution in [0.4, 0.5) is 4.79 Å². The number of carbonyl (C=O) groups excluding carboxylic acids is 1. The zero-order chi connectivity index (χ0) is 13.7. The van der Waals surface area contributed by atoms with E-state index in [0.717, 1.165) is 5.56 Å². The summed E-state index contributed by atoms with van der Waals surface area (Å²) in [5.41, 5.74) is 0.878. The van der Waals surface area contributed by atoms with Crippen LogP contribution in [0.25, 0.3) is 0 Å². The first-order chi connectivity index (χ1) is 8.40. The normalized spacial score (nSPS) is 11.7. The van der Waals surface area contributed by atoms with Crippen molar-refractivity contribution in [2.75, 3.05) is 7.05 Å². The topological polar surface area (TPSA) is 69.6 Å². The molecule has 1 aromatic carbocycles. The van der Waals surface area contributed by atoms with Crippen molar-refractivity contribution in [2.24, 2.45) is 0 Å². The van der Waals surface area contributed by atoms with Crippen LogP contribution in [-0.4, -0.2) is 35.1 Å². The highest BCUT2D eigenvalue weighted by atomic mass is 35.5. The van der Waals surface area contributed by atoms with E-state index in [0.29, 0.717) is 11.6 Å². The first kappa shape index (κ1) is 14.3. The highest BCUT2D eigenvalue weighted by Crippen LogP contribution is 2.12. The molecule has 0 aliphatic heterocycles. The molecule has 1 aromatic rings.